The van der Waals surface area contributed by atoms with Gasteiger partial charge in [-0.3, -0.25) is 14.5 Å². The number of nitrogens with zero attached hydrogens (tertiary/aromatic N) is 1. The molecule has 1 aliphatic heterocycles. The number of nitrogens with one attached hydrogen (secondary N) is 2. The molecule has 124 valence electrons. The predicted molar refractivity (Wildman–Crippen MR) is 90.5 cm³/mol. The molecular weight excluding hydrogens is 314 g/mol. The van der Waals surface area contributed by atoms with E-state index in [0.717, 1.165) is 19.5 Å². The summed E-state index contributed by atoms with van der Waals surface area (Å²) >= 11 is 5.87. The molecule has 2 N–H and O–H groups in total. The number of carbonyl (C=O) groups is 2. The van der Waals surface area contributed by atoms with Crippen molar-refractivity contribution in [1.82, 2.24) is 10.2 Å². The number of halogens is 1. The van der Waals surface area contributed by atoms with E-state index in [9.17, 15) is 9.59 Å². The molecule has 2 aliphatic rings. The molecule has 5 nitrogen and oxygen atoms in total. The van der Waals surface area contributed by atoms with E-state index < -0.39 is 11.8 Å². The Balaban J connectivity index is 1.48. The molecule has 1 aliphatic carbocycles. The van der Waals surface area contributed by atoms with Gasteiger partial charge in [-0.25, -0.2) is 0 Å². The average Bonchev–Trinajstić information content (AvgIpc) is 3.17. The molecule has 1 saturated carbocycles. The van der Waals surface area contributed by atoms with Crippen molar-refractivity contribution in [2.45, 2.75) is 44.2 Å². The summed E-state index contributed by atoms with van der Waals surface area (Å²) in [4.78, 5) is 26.5. The molecule has 1 saturated heterocycles. The molecule has 2 amide bonds. The largest absolute Gasteiger partial charge is 0.344 e. The van der Waals surface area contributed by atoms with E-state index in [1.807, 2.05) is 0 Å². The predicted octanol–water partition coefficient (Wildman–Crippen LogP) is 2.41. The molecule has 23 heavy (non-hydrogen) atoms. The lowest BCUT2D eigenvalue weighted by Crippen LogP contribution is -2.43. The molecule has 3 rings (SSSR count). The lowest BCUT2D eigenvalue weighted by atomic mass is 10.2. The minimum Gasteiger partial charge on any atom is -0.344 e. The number of carbonyl (C=O) groups excluding carboxylic acids is 2. The first-order chi connectivity index (χ1) is 11.1. The number of benzene rings is 1. The monoisotopic (exact) mass is 335 g/mol. The van der Waals surface area contributed by atoms with Crippen molar-refractivity contribution in [3.63, 3.8) is 0 Å². The number of likely N-dealkylation sites (tertiary alicyclic amines) is 1. The number of anilines is 1. The van der Waals surface area contributed by atoms with Crippen molar-refractivity contribution in [3.05, 3.63) is 29.3 Å². The van der Waals surface area contributed by atoms with Gasteiger partial charge in [0.25, 0.3) is 0 Å². The number of rotatable bonds is 3. The molecular formula is C17H22ClN3O2. The summed E-state index contributed by atoms with van der Waals surface area (Å²) in [5, 5.41) is 5.93. The SMILES string of the molecule is O=C(Nc1cccc(Cl)c1)C(=O)N[C@@H]1CCN(C2CCCC2)C1. The van der Waals surface area contributed by atoms with Gasteiger partial charge >= 0.3 is 11.8 Å². The Labute approximate surface area is 141 Å². The normalized spacial score (nSPS) is 22.2. The maximum atomic E-state index is 12.0. The smallest absolute Gasteiger partial charge is 0.313 e. The highest BCUT2D eigenvalue weighted by atomic mass is 35.5. The van der Waals surface area contributed by atoms with Crippen LogP contribution < -0.4 is 10.6 Å². The van der Waals surface area contributed by atoms with Crippen molar-refractivity contribution in [3.8, 4) is 0 Å². The number of hydrogen-bond acceptors (Lipinski definition) is 3. The van der Waals surface area contributed by atoms with Crippen molar-refractivity contribution < 1.29 is 9.59 Å². The van der Waals surface area contributed by atoms with Gasteiger partial charge in [-0.05, 0) is 37.5 Å². The van der Waals surface area contributed by atoms with Crippen LogP contribution >= 0.6 is 11.6 Å². The van der Waals surface area contributed by atoms with Crippen LogP contribution in [0.15, 0.2) is 24.3 Å². The van der Waals surface area contributed by atoms with Crippen LogP contribution in [0.25, 0.3) is 0 Å². The molecule has 0 spiro atoms. The molecule has 0 aromatic heterocycles. The van der Waals surface area contributed by atoms with Crippen LogP contribution in [0.3, 0.4) is 0 Å². The van der Waals surface area contributed by atoms with Gasteiger partial charge in [-0.2, -0.15) is 0 Å². The van der Waals surface area contributed by atoms with E-state index in [2.05, 4.69) is 15.5 Å². The van der Waals surface area contributed by atoms with Crippen LogP contribution in [-0.4, -0.2) is 41.9 Å². The molecule has 0 unspecified atom stereocenters. The lowest BCUT2D eigenvalue weighted by Gasteiger charge is -2.23. The number of amides is 2. The molecule has 1 atom stereocenters. The molecule has 1 aromatic carbocycles. The summed E-state index contributed by atoms with van der Waals surface area (Å²) in [6.07, 6.45) is 6.04. The topological polar surface area (TPSA) is 61.4 Å². The highest BCUT2D eigenvalue weighted by Gasteiger charge is 2.31. The van der Waals surface area contributed by atoms with Gasteiger partial charge in [-0.1, -0.05) is 30.5 Å². The molecule has 0 radical (unpaired) electrons. The molecule has 2 fully saturated rings. The maximum absolute atomic E-state index is 12.0. The maximum Gasteiger partial charge on any atom is 0.313 e. The van der Waals surface area contributed by atoms with E-state index in [0.29, 0.717) is 16.8 Å². The van der Waals surface area contributed by atoms with Crippen molar-refractivity contribution in [2.75, 3.05) is 18.4 Å². The molecule has 1 aromatic rings. The Hall–Kier alpha value is -1.59. The second-order valence-corrected chi connectivity index (χ2v) is 6.79. The quantitative estimate of drug-likeness (QED) is 0.834. The number of hydrogen-bond donors (Lipinski definition) is 2. The highest BCUT2D eigenvalue weighted by Crippen LogP contribution is 2.26. The summed E-state index contributed by atoms with van der Waals surface area (Å²) in [7, 11) is 0. The fraction of sp³-hybridized carbons (Fsp3) is 0.529. The minimum atomic E-state index is -0.647. The van der Waals surface area contributed by atoms with Crippen LogP contribution in [0.1, 0.15) is 32.1 Å². The minimum absolute atomic E-state index is 0.0632. The third kappa shape index (κ3) is 4.24. The van der Waals surface area contributed by atoms with Gasteiger partial charge in [-0.15, -0.1) is 0 Å². The van der Waals surface area contributed by atoms with Gasteiger partial charge in [0, 0.05) is 35.9 Å². The first kappa shape index (κ1) is 16.3. The fourth-order valence-corrected chi connectivity index (χ4v) is 3.70. The Morgan fingerprint density at radius 2 is 1.91 bits per heavy atom. The Morgan fingerprint density at radius 1 is 1.13 bits per heavy atom. The van der Waals surface area contributed by atoms with Gasteiger partial charge < -0.3 is 10.6 Å². The summed E-state index contributed by atoms with van der Waals surface area (Å²) in [5.41, 5.74) is 0.525. The summed E-state index contributed by atoms with van der Waals surface area (Å²) in [6, 6.07) is 7.49. The van der Waals surface area contributed by atoms with Gasteiger partial charge in [0.2, 0.25) is 0 Å². The van der Waals surface area contributed by atoms with E-state index in [4.69, 9.17) is 11.6 Å². The van der Waals surface area contributed by atoms with Crippen molar-refractivity contribution in [1.29, 1.82) is 0 Å². The van der Waals surface area contributed by atoms with Gasteiger partial charge in [0.05, 0.1) is 0 Å². The highest BCUT2D eigenvalue weighted by molar-refractivity contribution is 6.40. The Kier molecular flexibility index (Phi) is 5.18. The second kappa shape index (κ2) is 7.32. The van der Waals surface area contributed by atoms with Crippen molar-refractivity contribution in [2.24, 2.45) is 0 Å². The van der Waals surface area contributed by atoms with Crippen LogP contribution in [0.5, 0.6) is 0 Å². The van der Waals surface area contributed by atoms with Gasteiger partial charge in [0.1, 0.15) is 0 Å². The standard InChI is InChI=1S/C17H22ClN3O2/c18-12-4-3-5-13(10-12)19-16(22)17(23)20-14-8-9-21(11-14)15-6-1-2-7-15/h3-5,10,14-15H,1-2,6-9,11H2,(H,19,22)(H,20,23)/t14-/m1/s1. The molecule has 1 heterocycles. The first-order valence-corrected chi connectivity index (χ1v) is 8.61. The Morgan fingerprint density at radius 3 is 2.65 bits per heavy atom. The van der Waals surface area contributed by atoms with E-state index in [1.54, 1.807) is 24.3 Å². The molecule has 6 heteroatoms. The van der Waals surface area contributed by atoms with E-state index in [-0.39, 0.29) is 6.04 Å². The van der Waals surface area contributed by atoms with Crippen LogP contribution in [-0.2, 0) is 9.59 Å². The average molecular weight is 336 g/mol. The van der Waals surface area contributed by atoms with Crippen LogP contribution in [0.4, 0.5) is 5.69 Å². The zero-order valence-corrected chi connectivity index (χ0v) is 13.8. The molecule has 0 bridgehead atoms. The van der Waals surface area contributed by atoms with Gasteiger partial charge in [0.15, 0.2) is 0 Å². The fourth-order valence-electron chi connectivity index (χ4n) is 3.51. The zero-order chi connectivity index (χ0) is 16.2. The third-order valence-electron chi connectivity index (χ3n) is 4.68. The Bertz CT molecular complexity index is 587. The van der Waals surface area contributed by atoms with E-state index >= 15 is 0 Å². The second-order valence-electron chi connectivity index (χ2n) is 6.36. The third-order valence-corrected chi connectivity index (χ3v) is 4.92. The van der Waals surface area contributed by atoms with Crippen LogP contribution in [0.2, 0.25) is 5.02 Å². The van der Waals surface area contributed by atoms with Crippen LogP contribution in [0, 0.1) is 0 Å². The zero-order valence-electron chi connectivity index (χ0n) is 13.1. The van der Waals surface area contributed by atoms with E-state index in [1.165, 1.54) is 25.7 Å². The van der Waals surface area contributed by atoms with Crippen molar-refractivity contribution >= 4 is 29.1 Å². The lowest BCUT2D eigenvalue weighted by molar-refractivity contribution is -0.136. The first-order valence-electron chi connectivity index (χ1n) is 8.23. The summed E-state index contributed by atoms with van der Waals surface area (Å²) < 4.78 is 0. The summed E-state index contributed by atoms with van der Waals surface area (Å²) in [5.74, 6) is -1.23. The summed E-state index contributed by atoms with van der Waals surface area (Å²) in [6.45, 7) is 1.85.